The van der Waals surface area contributed by atoms with Gasteiger partial charge in [0.15, 0.2) is 0 Å². The van der Waals surface area contributed by atoms with E-state index in [-0.39, 0.29) is 0 Å². The summed E-state index contributed by atoms with van der Waals surface area (Å²) in [5.41, 5.74) is 1.30. The standard InChI is InChI=1S/C9H19N3O3/c1-6-12(8(15)10-11(4)5)9(2,3)7(13)14/h6H2,1-5H3,(H,10,15)(H,13,14). The van der Waals surface area contributed by atoms with Crippen LogP contribution in [0, 0.1) is 0 Å². The minimum Gasteiger partial charge on any atom is -0.480 e. The van der Waals surface area contributed by atoms with E-state index < -0.39 is 17.5 Å². The molecule has 0 aromatic carbocycles. The monoisotopic (exact) mass is 217 g/mol. The van der Waals surface area contributed by atoms with Gasteiger partial charge >= 0.3 is 12.0 Å². The number of hydrazine groups is 1. The Kier molecular flexibility index (Phi) is 4.54. The van der Waals surface area contributed by atoms with E-state index >= 15 is 0 Å². The second-order valence-electron chi connectivity index (χ2n) is 3.92. The van der Waals surface area contributed by atoms with Gasteiger partial charge in [0.1, 0.15) is 5.54 Å². The van der Waals surface area contributed by atoms with Gasteiger partial charge in [0.25, 0.3) is 0 Å². The molecule has 0 aromatic rings. The topological polar surface area (TPSA) is 72.9 Å². The quantitative estimate of drug-likeness (QED) is 0.667. The molecule has 0 heterocycles. The van der Waals surface area contributed by atoms with Crippen molar-refractivity contribution in [2.24, 2.45) is 0 Å². The molecule has 0 saturated heterocycles. The van der Waals surface area contributed by atoms with E-state index in [2.05, 4.69) is 5.43 Å². The molecule has 88 valence electrons. The molecule has 0 aliphatic rings. The predicted molar refractivity (Wildman–Crippen MR) is 56.3 cm³/mol. The van der Waals surface area contributed by atoms with Crippen molar-refractivity contribution in [1.82, 2.24) is 15.3 Å². The van der Waals surface area contributed by atoms with Gasteiger partial charge < -0.3 is 10.0 Å². The Bertz CT molecular complexity index is 251. The van der Waals surface area contributed by atoms with E-state index in [0.29, 0.717) is 6.54 Å². The molecule has 6 nitrogen and oxygen atoms in total. The Labute approximate surface area is 89.8 Å². The zero-order valence-electron chi connectivity index (χ0n) is 9.87. The van der Waals surface area contributed by atoms with Crippen molar-refractivity contribution in [2.45, 2.75) is 26.3 Å². The third kappa shape index (κ3) is 3.39. The van der Waals surface area contributed by atoms with Crippen molar-refractivity contribution in [3.8, 4) is 0 Å². The van der Waals surface area contributed by atoms with Crippen molar-refractivity contribution in [3.63, 3.8) is 0 Å². The van der Waals surface area contributed by atoms with Gasteiger partial charge in [-0.25, -0.2) is 14.6 Å². The molecule has 0 atom stereocenters. The predicted octanol–water partition coefficient (Wildman–Crippen LogP) is 0.358. The number of urea groups is 1. The van der Waals surface area contributed by atoms with Crippen LogP contribution in [-0.4, -0.2) is 53.2 Å². The minimum absolute atomic E-state index is 0.332. The highest BCUT2D eigenvalue weighted by molar-refractivity contribution is 5.85. The zero-order valence-corrected chi connectivity index (χ0v) is 9.87. The molecule has 0 spiro atoms. The molecule has 0 fully saturated rings. The number of rotatable bonds is 4. The van der Waals surface area contributed by atoms with Crippen LogP contribution in [0.15, 0.2) is 0 Å². The van der Waals surface area contributed by atoms with E-state index in [9.17, 15) is 9.59 Å². The first-order valence-electron chi connectivity index (χ1n) is 4.72. The van der Waals surface area contributed by atoms with Gasteiger partial charge in [0.2, 0.25) is 0 Å². The summed E-state index contributed by atoms with van der Waals surface area (Å²) in [7, 11) is 3.33. The van der Waals surface area contributed by atoms with Crippen LogP contribution in [0.4, 0.5) is 4.79 Å². The molecular formula is C9H19N3O3. The fourth-order valence-corrected chi connectivity index (χ4v) is 1.16. The van der Waals surface area contributed by atoms with Crippen molar-refractivity contribution in [3.05, 3.63) is 0 Å². The summed E-state index contributed by atoms with van der Waals surface area (Å²) in [5.74, 6) is -1.03. The SMILES string of the molecule is CCN(C(=O)NN(C)C)C(C)(C)C(=O)O. The maximum atomic E-state index is 11.6. The van der Waals surface area contributed by atoms with Crippen LogP contribution in [-0.2, 0) is 4.79 Å². The number of amides is 2. The first-order chi connectivity index (χ1) is 6.73. The Morgan fingerprint density at radius 1 is 1.33 bits per heavy atom. The molecule has 0 aliphatic heterocycles. The first-order valence-corrected chi connectivity index (χ1v) is 4.72. The summed E-state index contributed by atoms with van der Waals surface area (Å²) >= 11 is 0. The number of likely N-dealkylation sites (N-methyl/N-ethyl adjacent to an activating group) is 1. The van der Waals surface area contributed by atoms with E-state index in [4.69, 9.17) is 5.11 Å². The zero-order chi connectivity index (χ0) is 12.2. The van der Waals surface area contributed by atoms with Crippen LogP contribution < -0.4 is 5.43 Å². The smallest absolute Gasteiger partial charge is 0.332 e. The van der Waals surface area contributed by atoms with Crippen molar-refractivity contribution in [1.29, 1.82) is 0 Å². The fraction of sp³-hybridized carbons (Fsp3) is 0.778. The molecule has 2 amide bonds. The second-order valence-corrected chi connectivity index (χ2v) is 3.92. The van der Waals surface area contributed by atoms with Crippen molar-refractivity contribution in [2.75, 3.05) is 20.6 Å². The van der Waals surface area contributed by atoms with Crippen molar-refractivity contribution >= 4 is 12.0 Å². The number of carbonyl (C=O) groups is 2. The average Bonchev–Trinajstić information content (AvgIpc) is 2.02. The molecular weight excluding hydrogens is 198 g/mol. The number of aliphatic carboxylic acids is 1. The van der Waals surface area contributed by atoms with Crippen molar-refractivity contribution < 1.29 is 14.7 Å². The third-order valence-electron chi connectivity index (χ3n) is 2.08. The lowest BCUT2D eigenvalue weighted by atomic mass is 10.0. The number of carboxylic acids is 1. The minimum atomic E-state index is -1.21. The normalized spacial score (nSPS) is 11.3. The largest absolute Gasteiger partial charge is 0.480 e. The molecule has 0 rings (SSSR count). The van der Waals surface area contributed by atoms with Crippen LogP contribution in [0.3, 0.4) is 0 Å². The number of nitrogens with one attached hydrogen (secondary N) is 1. The van der Waals surface area contributed by atoms with E-state index in [0.717, 1.165) is 0 Å². The first kappa shape index (κ1) is 13.7. The Morgan fingerprint density at radius 3 is 2.07 bits per heavy atom. The molecule has 0 bridgehead atoms. The summed E-state index contributed by atoms with van der Waals surface area (Å²) < 4.78 is 0. The summed E-state index contributed by atoms with van der Waals surface area (Å²) in [4.78, 5) is 23.9. The molecule has 0 aromatic heterocycles. The maximum Gasteiger partial charge on any atom is 0.332 e. The highest BCUT2D eigenvalue weighted by Crippen LogP contribution is 2.14. The van der Waals surface area contributed by atoms with Gasteiger partial charge in [-0.3, -0.25) is 5.43 Å². The number of hydrogen-bond donors (Lipinski definition) is 2. The Balaban J connectivity index is 4.76. The average molecular weight is 217 g/mol. The highest BCUT2D eigenvalue weighted by Gasteiger charge is 2.36. The Hall–Kier alpha value is -1.30. The lowest BCUT2D eigenvalue weighted by Gasteiger charge is -2.34. The number of carbonyl (C=O) groups excluding carboxylic acids is 1. The second kappa shape index (κ2) is 4.97. The van der Waals surface area contributed by atoms with Crippen LogP contribution in [0.5, 0.6) is 0 Å². The molecule has 2 N–H and O–H groups in total. The van der Waals surface area contributed by atoms with E-state index in [1.54, 1.807) is 21.0 Å². The summed E-state index contributed by atoms with van der Waals surface area (Å²) in [6, 6.07) is -0.421. The molecule has 0 radical (unpaired) electrons. The summed E-state index contributed by atoms with van der Waals surface area (Å²) in [5, 5.41) is 10.5. The van der Waals surface area contributed by atoms with Gasteiger partial charge in [-0.1, -0.05) is 0 Å². The molecule has 0 aliphatic carbocycles. The van der Waals surface area contributed by atoms with Gasteiger partial charge in [-0.2, -0.15) is 0 Å². The van der Waals surface area contributed by atoms with Crippen LogP contribution in [0.25, 0.3) is 0 Å². The van der Waals surface area contributed by atoms with Crippen LogP contribution in [0.2, 0.25) is 0 Å². The molecule has 6 heteroatoms. The van der Waals surface area contributed by atoms with E-state index in [1.165, 1.54) is 23.8 Å². The number of nitrogens with zero attached hydrogens (tertiary/aromatic N) is 2. The number of hydrogen-bond acceptors (Lipinski definition) is 3. The third-order valence-corrected chi connectivity index (χ3v) is 2.08. The van der Waals surface area contributed by atoms with Gasteiger partial charge in [-0.05, 0) is 20.8 Å². The van der Waals surface area contributed by atoms with Crippen LogP contribution >= 0.6 is 0 Å². The van der Waals surface area contributed by atoms with Gasteiger partial charge in [0, 0.05) is 20.6 Å². The van der Waals surface area contributed by atoms with E-state index in [1.807, 2.05) is 0 Å². The summed E-state index contributed by atoms with van der Waals surface area (Å²) in [6.07, 6.45) is 0. The van der Waals surface area contributed by atoms with Crippen LogP contribution in [0.1, 0.15) is 20.8 Å². The molecule has 0 saturated carbocycles. The molecule has 15 heavy (non-hydrogen) atoms. The fourth-order valence-electron chi connectivity index (χ4n) is 1.16. The lowest BCUT2D eigenvalue weighted by Crippen LogP contribution is -2.57. The van der Waals surface area contributed by atoms with Gasteiger partial charge in [-0.15, -0.1) is 0 Å². The lowest BCUT2D eigenvalue weighted by molar-refractivity contribution is -0.147. The highest BCUT2D eigenvalue weighted by atomic mass is 16.4. The summed E-state index contributed by atoms with van der Waals surface area (Å²) in [6.45, 7) is 5.06. The maximum absolute atomic E-state index is 11.6. The van der Waals surface area contributed by atoms with Gasteiger partial charge in [0.05, 0.1) is 0 Å². The molecule has 0 unspecified atom stereocenters. The number of carboxylic acid groups (broad SMARTS) is 1. The Morgan fingerprint density at radius 2 is 1.80 bits per heavy atom.